The van der Waals surface area contributed by atoms with Gasteiger partial charge in [0.2, 0.25) is 0 Å². The number of methoxy groups -OCH3 is 1. The molecule has 2 aromatic rings. The highest BCUT2D eigenvalue weighted by Crippen LogP contribution is 2.51. The van der Waals surface area contributed by atoms with Crippen molar-refractivity contribution in [1.29, 1.82) is 0 Å². The first-order chi connectivity index (χ1) is 12.0. The van der Waals surface area contributed by atoms with E-state index in [0.717, 1.165) is 11.1 Å². The molecule has 2 aliphatic rings. The maximum absolute atomic E-state index is 10.8. The third kappa shape index (κ3) is 2.76. The van der Waals surface area contributed by atoms with Crippen LogP contribution >= 0.6 is 0 Å². The minimum Gasteiger partial charge on any atom is -0.496 e. The van der Waals surface area contributed by atoms with Gasteiger partial charge in [-0.3, -0.25) is 0 Å². The van der Waals surface area contributed by atoms with Crippen LogP contribution in [0.25, 0.3) is 6.08 Å². The van der Waals surface area contributed by atoms with Crippen molar-refractivity contribution in [1.82, 2.24) is 0 Å². The van der Waals surface area contributed by atoms with Gasteiger partial charge >= 0.3 is 0 Å². The molecule has 1 N–H and O–H groups in total. The van der Waals surface area contributed by atoms with Crippen LogP contribution in [0.5, 0.6) is 17.2 Å². The zero-order valence-corrected chi connectivity index (χ0v) is 14.7. The second-order valence-corrected chi connectivity index (χ2v) is 7.04. The van der Waals surface area contributed by atoms with Crippen LogP contribution in [0, 0.1) is 0 Å². The molecule has 0 aromatic heterocycles. The van der Waals surface area contributed by atoms with Crippen LogP contribution in [0.3, 0.4) is 0 Å². The minimum atomic E-state index is -0.655. The Morgan fingerprint density at radius 1 is 1.20 bits per heavy atom. The molecule has 0 unspecified atom stereocenters. The van der Waals surface area contributed by atoms with Gasteiger partial charge < -0.3 is 19.3 Å². The maximum atomic E-state index is 10.8. The number of ether oxygens (including phenoxy) is 3. The van der Waals surface area contributed by atoms with Crippen LogP contribution in [-0.2, 0) is 0 Å². The summed E-state index contributed by atoms with van der Waals surface area (Å²) < 4.78 is 17.9. The number of hydrogen-bond donors (Lipinski definition) is 1. The van der Waals surface area contributed by atoms with Crippen LogP contribution < -0.4 is 14.2 Å². The molecule has 2 heterocycles. The van der Waals surface area contributed by atoms with E-state index in [4.69, 9.17) is 14.2 Å². The number of fused-ring (bicyclic) bond motifs is 3. The topological polar surface area (TPSA) is 47.9 Å². The highest BCUT2D eigenvalue weighted by molar-refractivity contribution is 5.72. The molecular formula is C21H22O4. The van der Waals surface area contributed by atoms with Gasteiger partial charge in [0.25, 0.3) is 0 Å². The molecule has 2 aliphatic heterocycles. The van der Waals surface area contributed by atoms with Crippen LogP contribution in [0.1, 0.15) is 49.2 Å². The van der Waals surface area contributed by atoms with Gasteiger partial charge in [0, 0.05) is 12.5 Å². The lowest BCUT2D eigenvalue weighted by Gasteiger charge is -2.35. The molecule has 4 nitrogen and oxygen atoms in total. The van der Waals surface area contributed by atoms with E-state index in [-0.39, 0.29) is 6.10 Å². The lowest BCUT2D eigenvalue weighted by Crippen LogP contribution is -2.28. The Morgan fingerprint density at radius 2 is 1.96 bits per heavy atom. The highest BCUT2D eigenvalue weighted by Gasteiger charge is 2.36. The summed E-state index contributed by atoms with van der Waals surface area (Å²) in [5, 5.41) is 10.8. The molecule has 25 heavy (non-hydrogen) atoms. The van der Waals surface area contributed by atoms with E-state index in [1.165, 1.54) is 0 Å². The average molecular weight is 338 g/mol. The number of rotatable bonds is 2. The number of hydrogen-bond acceptors (Lipinski definition) is 4. The molecular weight excluding hydrogens is 316 g/mol. The fourth-order valence-electron chi connectivity index (χ4n) is 3.48. The SMILES string of the molecule is COc1cc2c(c3c1[C@@H](O)C[C@H](c1ccccc1)O3)C=CC(C)(C)O2. The van der Waals surface area contributed by atoms with Gasteiger partial charge in [0.15, 0.2) is 0 Å². The zero-order valence-electron chi connectivity index (χ0n) is 14.7. The summed E-state index contributed by atoms with van der Waals surface area (Å²) in [5.74, 6) is 1.96. The number of aliphatic hydroxyl groups excluding tert-OH is 1. The summed E-state index contributed by atoms with van der Waals surface area (Å²) in [4.78, 5) is 0. The standard InChI is InChI=1S/C21H22O4/c1-21(2)10-9-14-17(25-21)12-18(23-3)19-15(22)11-16(24-20(14)19)13-7-5-4-6-8-13/h4-10,12,15-16,22H,11H2,1-3H3/t15-,16+/m0/s1. The molecule has 0 aliphatic carbocycles. The Balaban J connectivity index is 1.84. The fourth-order valence-corrected chi connectivity index (χ4v) is 3.48. The Bertz CT molecular complexity index is 824. The van der Waals surface area contributed by atoms with E-state index in [2.05, 4.69) is 0 Å². The first-order valence-electron chi connectivity index (χ1n) is 8.51. The van der Waals surface area contributed by atoms with Crippen molar-refractivity contribution < 1.29 is 19.3 Å². The average Bonchev–Trinajstić information content (AvgIpc) is 2.60. The molecule has 0 amide bonds. The van der Waals surface area contributed by atoms with Crippen LogP contribution in [-0.4, -0.2) is 17.8 Å². The first-order valence-corrected chi connectivity index (χ1v) is 8.51. The number of benzene rings is 2. The summed E-state index contributed by atoms with van der Waals surface area (Å²) in [7, 11) is 1.60. The van der Waals surface area contributed by atoms with Crippen molar-refractivity contribution in [3.8, 4) is 17.2 Å². The van der Waals surface area contributed by atoms with Crippen molar-refractivity contribution in [2.45, 2.75) is 38.1 Å². The Hall–Kier alpha value is -2.46. The Morgan fingerprint density at radius 3 is 2.68 bits per heavy atom. The monoisotopic (exact) mass is 338 g/mol. The van der Waals surface area contributed by atoms with E-state index >= 15 is 0 Å². The van der Waals surface area contributed by atoms with Crippen molar-refractivity contribution in [3.63, 3.8) is 0 Å². The van der Waals surface area contributed by atoms with Gasteiger partial charge in [-0.05, 0) is 31.6 Å². The summed E-state index contributed by atoms with van der Waals surface area (Å²) in [6, 6.07) is 11.8. The summed E-state index contributed by atoms with van der Waals surface area (Å²) >= 11 is 0. The molecule has 2 atom stereocenters. The molecule has 0 fully saturated rings. The van der Waals surface area contributed by atoms with E-state index in [0.29, 0.717) is 29.2 Å². The summed E-state index contributed by atoms with van der Waals surface area (Å²) in [5.41, 5.74) is 2.21. The van der Waals surface area contributed by atoms with Gasteiger partial charge in [0.1, 0.15) is 29.0 Å². The normalized spacial score (nSPS) is 23.0. The molecule has 2 aromatic carbocycles. The smallest absolute Gasteiger partial charge is 0.140 e. The van der Waals surface area contributed by atoms with E-state index < -0.39 is 11.7 Å². The zero-order chi connectivity index (χ0) is 17.6. The van der Waals surface area contributed by atoms with E-state index in [1.807, 2.05) is 62.4 Å². The molecule has 0 saturated carbocycles. The van der Waals surface area contributed by atoms with E-state index in [1.54, 1.807) is 7.11 Å². The third-order valence-corrected chi connectivity index (χ3v) is 4.73. The predicted octanol–water partition coefficient (Wildman–Crippen LogP) is 4.44. The third-order valence-electron chi connectivity index (χ3n) is 4.73. The first kappa shape index (κ1) is 16.0. The van der Waals surface area contributed by atoms with Gasteiger partial charge in [-0.1, -0.05) is 30.3 Å². The summed E-state index contributed by atoms with van der Waals surface area (Å²) in [6.07, 6.45) is 3.64. The Kier molecular flexibility index (Phi) is 3.73. The lowest BCUT2D eigenvalue weighted by molar-refractivity contribution is 0.0618. The maximum Gasteiger partial charge on any atom is 0.140 e. The van der Waals surface area contributed by atoms with Crippen molar-refractivity contribution in [2.75, 3.05) is 7.11 Å². The molecule has 0 radical (unpaired) electrons. The molecule has 0 saturated heterocycles. The van der Waals surface area contributed by atoms with Gasteiger partial charge in [-0.2, -0.15) is 0 Å². The van der Waals surface area contributed by atoms with Crippen molar-refractivity contribution >= 4 is 6.08 Å². The molecule has 4 rings (SSSR count). The van der Waals surface area contributed by atoms with Crippen molar-refractivity contribution in [3.05, 3.63) is 59.2 Å². The lowest BCUT2D eigenvalue weighted by atomic mass is 9.90. The van der Waals surface area contributed by atoms with Crippen LogP contribution in [0.15, 0.2) is 42.5 Å². The molecule has 0 spiro atoms. The second-order valence-electron chi connectivity index (χ2n) is 7.04. The summed E-state index contributed by atoms with van der Waals surface area (Å²) in [6.45, 7) is 4.00. The van der Waals surface area contributed by atoms with Gasteiger partial charge in [-0.15, -0.1) is 0 Å². The highest BCUT2D eigenvalue weighted by atomic mass is 16.5. The van der Waals surface area contributed by atoms with Crippen LogP contribution in [0.2, 0.25) is 0 Å². The van der Waals surface area contributed by atoms with Crippen molar-refractivity contribution in [2.24, 2.45) is 0 Å². The Labute approximate surface area is 147 Å². The predicted molar refractivity (Wildman–Crippen MR) is 96.1 cm³/mol. The van der Waals surface area contributed by atoms with Crippen LogP contribution in [0.4, 0.5) is 0 Å². The quantitative estimate of drug-likeness (QED) is 0.879. The molecule has 130 valence electrons. The molecule has 0 bridgehead atoms. The minimum absolute atomic E-state index is 0.205. The second kappa shape index (κ2) is 5.81. The largest absolute Gasteiger partial charge is 0.496 e. The number of aliphatic hydroxyl groups is 1. The molecule has 4 heteroatoms. The fraction of sp³-hybridized carbons (Fsp3) is 0.333. The van der Waals surface area contributed by atoms with Gasteiger partial charge in [0.05, 0.1) is 24.3 Å². The van der Waals surface area contributed by atoms with Gasteiger partial charge in [-0.25, -0.2) is 0 Å². The van der Waals surface area contributed by atoms with E-state index in [9.17, 15) is 5.11 Å².